The van der Waals surface area contributed by atoms with Gasteiger partial charge in [0.2, 0.25) is 0 Å². The van der Waals surface area contributed by atoms with Crippen molar-refractivity contribution in [2.75, 3.05) is 19.8 Å². The van der Waals surface area contributed by atoms with Crippen molar-refractivity contribution in [1.29, 1.82) is 0 Å². The van der Waals surface area contributed by atoms with Crippen LogP contribution >= 0.6 is 0 Å². The first-order chi connectivity index (χ1) is 9.19. The third-order valence-corrected chi connectivity index (χ3v) is 3.47. The molecule has 2 heteroatoms. The van der Waals surface area contributed by atoms with E-state index in [-0.39, 0.29) is 0 Å². The number of nitrogens with one attached hydrogen (secondary N) is 1. The van der Waals surface area contributed by atoms with Crippen molar-refractivity contribution in [3.05, 3.63) is 34.9 Å². The minimum atomic E-state index is 0.413. The monoisotopic (exact) mass is 263 g/mol. The molecule has 108 valence electrons. The fraction of sp³-hybridized carbons (Fsp3) is 0.647. The summed E-state index contributed by atoms with van der Waals surface area (Å²) in [7, 11) is 0. The summed E-state index contributed by atoms with van der Waals surface area (Å²) in [6.45, 7) is 11.5. The maximum Gasteiger partial charge on any atom is 0.0484 e. The molecule has 1 rings (SSSR count). The van der Waals surface area contributed by atoms with Crippen molar-refractivity contribution < 1.29 is 4.74 Å². The molecule has 1 N–H and O–H groups in total. The van der Waals surface area contributed by atoms with Gasteiger partial charge in [0.25, 0.3) is 0 Å². The van der Waals surface area contributed by atoms with Gasteiger partial charge in [-0.05, 0) is 56.3 Å². The minimum absolute atomic E-state index is 0.413. The molecule has 1 aromatic carbocycles. The Morgan fingerprint density at radius 1 is 1.05 bits per heavy atom. The van der Waals surface area contributed by atoms with Crippen LogP contribution in [0, 0.1) is 13.8 Å². The summed E-state index contributed by atoms with van der Waals surface area (Å²) in [6, 6.07) is 7.19. The molecule has 0 radical (unpaired) electrons. The normalized spacial score (nSPS) is 12.6. The first-order valence-corrected chi connectivity index (χ1v) is 7.57. The van der Waals surface area contributed by atoms with E-state index in [1.165, 1.54) is 16.7 Å². The Labute approximate surface area is 118 Å². The molecule has 0 aliphatic heterocycles. The van der Waals surface area contributed by atoms with E-state index < -0.39 is 0 Å². The molecular weight excluding hydrogens is 234 g/mol. The lowest BCUT2D eigenvalue weighted by Crippen LogP contribution is -2.23. The van der Waals surface area contributed by atoms with Gasteiger partial charge in [-0.3, -0.25) is 0 Å². The summed E-state index contributed by atoms with van der Waals surface area (Å²) in [5.74, 6) is 0. The lowest BCUT2D eigenvalue weighted by Gasteiger charge is -2.20. The molecule has 1 atom stereocenters. The van der Waals surface area contributed by atoms with Gasteiger partial charge in [0.05, 0.1) is 0 Å². The molecule has 2 nitrogen and oxygen atoms in total. The van der Waals surface area contributed by atoms with Crippen molar-refractivity contribution in [2.45, 2.75) is 53.0 Å². The first kappa shape index (κ1) is 16.2. The topological polar surface area (TPSA) is 21.3 Å². The summed E-state index contributed by atoms with van der Waals surface area (Å²) < 4.78 is 5.63. The van der Waals surface area contributed by atoms with Gasteiger partial charge < -0.3 is 10.1 Å². The van der Waals surface area contributed by atoms with Gasteiger partial charge in [0.15, 0.2) is 0 Å². The summed E-state index contributed by atoms with van der Waals surface area (Å²) >= 11 is 0. The van der Waals surface area contributed by atoms with Crippen LogP contribution in [0.1, 0.15) is 55.8 Å². The quantitative estimate of drug-likeness (QED) is 0.675. The number of hydrogen-bond donors (Lipinski definition) is 1. The zero-order chi connectivity index (χ0) is 14.1. The molecule has 0 saturated heterocycles. The molecule has 0 amide bonds. The lowest BCUT2D eigenvalue weighted by molar-refractivity contribution is 0.124. The van der Waals surface area contributed by atoms with Crippen LogP contribution in [0.3, 0.4) is 0 Å². The molecule has 1 aromatic rings. The lowest BCUT2D eigenvalue weighted by atomic mass is 9.99. The number of ether oxygens (including phenoxy) is 1. The maximum atomic E-state index is 5.63. The second-order valence-corrected chi connectivity index (χ2v) is 5.25. The average molecular weight is 263 g/mol. The second-order valence-electron chi connectivity index (χ2n) is 5.25. The molecular formula is C17H29NO. The molecule has 0 saturated carbocycles. The SMILES string of the molecule is CCCNC(CCOCCC)c1ccc(C)c(C)c1. The molecule has 0 aliphatic rings. The Kier molecular flexibility index (Phi) is 7.76. The smallest absolute Gasteiger partial charge is 0.0484 e. The molecule has 0 spiro atoms. The molecule has 19 heavy (non-hydrogen) atoms. The van der Waals surface area contributed by atoms with Crippen LogP contribution in [0.4, 0.5) is 0 Å². The fourth-order valence-electron chi connectivity index (χ4n) is 2.13. The molecule has 1 unspecified atom stereocenters. The number of rotatable bonds is 9. The molecule has 0 fully saturated rings. The van der Waals surface area contributed by atoms with Crippen LogP contribution in [0.25, 0.3) is 0 Å². The molecule has 0 aliphatic carbocycles. The van der Waals surface area contributed by atoms with E-state index in [2.05, 4.69) is 51.2 Å². The van der Waals surface area contributed by atoms with E-state index in [0.29, 0.717) is 6.04 Å². The summed E-state index contributed by atoms with van der Waals surface area (Å²) in [5, 5.41) is 3.63. The highest BCUT2D eigenvalue weighted by atomic mass is 16.5. The van der Waals surface area contributed by atoms with Crippen LogP contribution in [-0.2, 0) is 4.74 Å². The van der Waals surface area contributed by atoms with Crippen molar-refractivity contribution in [1.82, 2.24) is 5.32 Å². The molecule has 0 aromatic heterocycles. The highest BCUT2D eigenvalue weighted by Gasteiger charge is 2.11. The zero-order valence-electron chi connectivity index (χ0n) is 13.0. The van der Waals surface area contributed by atoms with Gasteiger partial charge in [-0.15, -0.1) is 0 Å². The van der Waals surface area contributed by atoms with Gasteiger partial charge in [0, 0.05) is 19.3 Å². The van der Waals surface area contributed by atoms with E-state index in [1.807, 2.05) is 0 Å². The van der Waals surface area contributed by atoms with E-state index >= 15 is 0 Å². The van der Waals surface area contributed by atoms with E-state index in [0.717, 1.165) is 39.0 Å². The van der Waals surface area contributed by atoms with Crippen molar-refractivity contribution in [3.63, 3.8) is 0 Å². The summed E-state index contributed by atoms with van der Waals surface area (Å²) in [4.78, 5) is 0. The minimum Gasteiger partial charge on any atom is -0.381 e. The summed E-state index contributed by atoms with van der Waals surface area (Å²) in [6.07, 6.45) is 3.30. The van der Waals surface area contributed by atoms with Gasteiger partial charge in [-0.2, -0.15) is 0 Å². The van der Waals surface area contributed by atoms with Crippen molar-refractivity contribution in [2.24, 2.45) is 0 Å². The predicted octanol–water partition coefficient (Wildman–Crippen LogP) is 4.16. The average Bonchev–Trinajstić information content (AvgIpc) is 2.41. The van der Waals surface area contributed by atoms with Gasteiger partial charge in [-0.25, -0.2) is 0 Å². The standard InChI is InChI=1S/C17H29NO/c1-5-10-18-17(9-12-19-11-6-2)16-8-7-14(3)15(4)13-16/h7-8,13,17-18H,5-6,9-12H2,1-4H3. The van der Waals surface area contributed by atoms with Crippen LogP contribution < -0.4 is 5.32 Å². The summed E-state index contributed by atoms with van der Waals surface area (Å²) in [5.41, 5.74) is 4.12. The highest BCUT2D eigenvalue weighted by Crippen LogP contribution is 2.20. The number of aryl methyl sites for hydroxylation is 2. The maximum absolute atomic E-state index is 5.63. The first-order valence-electron chi connectivity index (χ1n) is 7.57. The number of hydrogen-bond acceptors (Lipinski definition) is 2. The van der Waals surface area contributed by atoms with Crippen LogP contribution in [0.15, 0.2) is 18.2 Å². The Balaban J connectivity index is 2.63. The van der Waals surface area contributed by atoms with E-state index in [1.54, 1.807) is 0 Å². The van der Waals surface area contributed by atoms with Gasteiger partial charge in [-0.1, -0.05) is 32.0 Å². The van der Waals surface area contributed by atoms with Gasteiger partial charge >= 0.3 is 0 Å². The number of benzene rings is 1. The van der Waals surface area contributed by atoms with Crippen LogP contribution in [0.2, 0.25) is 0 Å². The fourth-order valence-corrected chi connectivity index (χ4v) is 2.13. The van der Waals surface area contributed by atoms with Crippen molar-refractivity contribution >= 4 is 0 Å². The molecule has 0 bridgehead atoms. The third-order valence-electron chi connectivity index (χ3n) is 3.47. The van der Waals surface area contributed by atoms with Gasteiger partial charge in [0.1, 0.15) is 0 Å². The van der Waals surface area contributed by atoms with E-state index in [9.17, 15) is 0 Å². The van der Waals surface area contributed by atoms with Crippen molar-refractivity contribution in [3.8, 4) is 0 Å². The Morgan fingerprint density at radius 3 is 2.47 bits per heavy atom. The van der Waals surface area contributed by atoms with Crippen LogP contribution in [-0.4, -0.2) is 19.8 Å². The second kappa shape index (κ2) is 9.11. The predicted molar refractivity (Wildman–Crippen MR) is 82.7 cm³/mol. The Bertz CT molecular complexity index is 362. The zero-order valence-corrected chi connectivity index (χ0v) is 13.0. The van der Waals surface area contributed by atoms with E-state index in [4.69, 9.17) is 4.74 Å². The van der Waals surface area contributed by atoms with Crippen LogP contribution in [0.5, 0.6) is 0 Å². The Morgan fingerprint density at radius 2 is 1.84 bits per heavy atom. The largest absolute Gasteiger partial charge is 0.381 e. The third kappa shape index (κ3) is 5.75. The highest BCUT2D eigenvalue weighted by molar-refractivity contribution is 5.31. The Hall–Kier alpha value is -0.860. The molecule has 0 heterocycles.